The summed E-state index contributed by atoms with van der Waals surface area (Å²) >= 11 is 0. The van der Waals surface area contributed by atoms with Gasteiger partial charge in [0, 0.05) is 37.6 Å². The molecule has 1 N–H and O–H groups in total. The second kappa shape index (κ2) is 6.24. The molecule has 1 saturated heterocycles. The summed E-state index contributed by atoms with van der Waals surface area (Å²) < 4.78 is 5.77. The molecule has 1 aliphatic carbocycles. The van der Waals surface area contributed by atoms with Crippen LogP contribution in [0.2, 0.25) is 0 Å². The summed E-state index contributed by atoms with van der Waals surface area (Å²) in [7, 11) is 0. The quantitative estimate of drug-likeness (QED) is 0.931. The van der Waals surface area contributed by atoms with E-state index >= 15 is 0 Å². The van der Waals surface area contributed by atoms with Crippen molar-refractivity contribution in [2.24, 2.45) is 0 Å². The number of hydrogen-bond donors (Lipinski definition) is 1. The lowest BCUT2D eigenvalue weighted by atomic mass is 9.93. The molecule has 1 aromatic rings. The van der Waals surface area contributed by atoms with E-state index < -0.39 is 0 Å². The number of carbonyl (C=O) groups is 2. The van der Waals surface area contributed by atoms with Crippen LogP contribution in [0.3, 0.4) is 0 Å². The van der Waals surface area contributed by atoms with E-state index in [2.05, 4.69) is 0 Å². The number of carbonyl (C=O) groups excluding carboxylic acids is 2. The molecule has 0 aromatic carbocycles. The molecule has 3 rings (SSSR count). The van der Waals surface area contributed by atoms with Crippen molar-refractivity contribution in [3.8, 4) is 0 Å². The Hall–Kier alpha value is -1.62. The summed E-state index contributed by atoms with van der Waals surface area (Å²) in [6.07, 6.45) is 5.65. The minimum Gasteiger partial charge on any atom is -0.455 e. The van der Waals surface area contributed by atoms with E-state index in [0.717, 1.165) is 32.1 Å². The Labute approximate surface area is 130 Å². The number of furan rings is 1. The first kappa shape index (κ1) is 15.3. The molecule has 1 fully saturated rings. The van der Waals surface area contributed by atoms with E-state index in [1.54, 1.807) is 0 Å². The fourth-order valence-electron chi connectivity index (χ4n) is 3.70. The van der Waals surface area contributed by atoms with Crippen molar-refractivity contribution >= 4 is 11.7 Å². The molecule has 1 amide bonds. The Morgan fingerprint density at radius 3 is 2.86 bits per heavy atom. The monoisotopic (exact) mass is 305 g/mol. The Morgan fingerprint density at radius 1 is 1.32 bits per heavy atom. The number of aliphatic hydroxyl groups is 1. The average molecular weight is 305 g/mol. The number of likely N-dealkylation sites (tertiary alicyclic amines) is 1. The van der Waals surface area contributed by atoms with E-state index in [4.69, 9.17) is 4.42 Å². The second-order valence-electron chi connectivity index (χ2n) is 6.29. The first-order chi connectivity index (χ1) is 10.6. The fraction of sp³-hybridized carbons (Fsp3) is 0.647. The van der Waals surface area contributed by atoms with Crippen LogP contribution in [0, 0.1) is 6.92 Å². The van der Waals surface area contributed by atoms with E-state index in [1.807, 2.05) is 11.8 Å². The number of amides is 1. The predicted molar refractivity (Wildman–Crippen MR) is 81.1 cm³/mol. The zero-order valence-electron chi connectivity index (χ0n) is 13.1. The van der Waals surface area contributed by atoms with Gasteiger partial charge in [-0.3, -0.25) is 9.59 Å². The predicted octanol–water partition coefficient (Wildman–Crippen LogP) is 2.48. The molecule has 0 radical (unpaired) electrons. The third-order valence-corrected chi connectivity index (χ3v) is 4.85. The highest BCUT2D eigenvalue weighted by Crippen LogP contribution is 2.31. The Kier molecular flexibility index (Phi) is 4.34. The normalized spacial score (nSPS) is 21.8. The first-order valence-corrected chi connectivity index (χ1v) is 8.20. The van der Waals surface area contributed by atoms with Crippen molar-refractivity contribution in [1.29, 1.82) is 0 Å². The van der Waals surface area contributed by atoms with Crippen LogP contribution in [0.4, 0.5) is 0 Å². The van der Waals surface area contributed by atoms with Gasteiger partial charge in [-0.25, -0.2) is 0 Å². The van der Waals surface area contributed by atoms with Crippen molar-refractivity contribution in [3.05, 3.63) is 22.6 Å². The van der Waals surface area contributed by atoms with E-state index in [9.17, 15) is 14.7 Å². The van der Waals surface area contributed by atoms with Crippen LogP contribution in [0.5, 0.6) is 0 Å². The number of Topliss-reactive ketones (excluding diaryl/α,β-unsaturated/α-hetero) is 1. The van der Waals surface area contributed by atoms with E-state index in [-0.39, 0.29) is 24.3 Å². The fourth-order valence-corrected chi connectivity index (χ4v) is 3.70. The molecule has 0 spiro atoms. The van der Waals surface area contributed by atoms with Crippen LogP contribution in [-0.4, -0.2) is 40.9 Å². The van der Waals surface area contributed by atoms with Crippen molar-refractivity contribution < 1.29 is 19.1 Å². The van der Waals surface area contributed by atoms with E-state index in [0.29, 0.717) is 42.0 Å². The molecule has 5 heteroatoms. The van der Waals surface area contributed by atoms with Gasteiger partial charge in [0.1, 0.15) is 5.76 Å². The summed E-state index contributed by atoms with van der Waals surface area (Å²) in [5.74, 6) is 0.961. The molecule has 120 valence electrons. The summed E-state index contributed by atoms with van der Waals surface area (Å²) in [5.41, 5.74) is 1.32. The Morgan fingerprint density at radius 2 is 2.14 bits per heavy atom. The summed E-state index contributed by atoms with van der Waals surface area (Å²) in [6.45, 7) is 2.59. The minimum absolute atomic E-state index is 0.0727. The standard InChI is InChI=1S/C17H23NO4/c1-11-15-13(20)6-4-7-14(15)22-16(11)17(21)18-9-3-2-5-12(18)8-10-19/h12,19H,2-10H2,1H3/t12-/m0/s1. The number of nitrogens with zero attached hydrogens (tertiary/aromatic N) is 1. The summed E-state index contributed by atoms with van der Waals surface area (Å²) in [4.78, 5) is 26.8. The zero-order chi connectivity index (χ0) is 15.7. The maximum atomic E-state index is 12.9. The molecule has 1 atom stereocenters. The third kappa shape index (κ3) is 2.58. The number of hydrogen-bond acceptors (Lipinski definition) is 4. The molecule has 0 saturated carbocycles. The summed E-state index contributed by atoms with van der Waals surface area (Å²) in [5, 5.41) is 9.20. The molecule has 2 heterocycles. The number of aliphatic hydroxyl groups excluding tert-OH is 1. The van der Waals surface area contributed by atoms with Crippen LogP contribution in [0.25, 0.3) is 0 Å². The molecular formula is C17H23NO4. The SMILES string of the molecule is Cc1c(C(=O)N2CCCC[C@H]2CCO)oc2c1C(=O)CCC2. The van der Waals surface area contributed by atoms with Gasteiger partial charge in [0.25, 0.3) is 5.91 Å². The van der Waals surface area contributed by atoms with Gasteiger partial charge in [-0.2, -0.15) is 0 Å². The molecule has 1 aromatic heterocycles. The maximum absolute atomic E-state index is 12.9. The second-order valence-corrected chi connectivity index (χ2v) is 6.29. The zero-order valence-corrected chi connectivity index (χ0v) is 13.1. The van der Waals surface area contributed by atoms with Gasteiger partial charge in [-0.05, 0) is 39.0 Å². The highest BCUT2D eigenvalue weighted by molar-refractivity contribution is 6.03. The van der Waals surface area contributed by atoms with Gasteiger partial charge < -0.3 is 14.4 Å². The largest absolute Gasteiger partial charge is 0.455 e. The molecule has 5 nitrogen and oxygen atoms in total. The first-order valence-electron chi connectivity index (χ1n) is 8.20. The van der Waals surface area contributed by atoms with Crippen LogP contribution >= 0.6 is 0 Å². The van der Waals surface area contributed by atoms with Crippen LogP contribution in [0.1, 0.15) is 70.8 Å². The topological polar surface area (TPSA) is 70.8 Å². The highest BCUT2D eigenvalue weighted by atomic mass is 16.4. The van der Waals surface area contributed by atoms with Gasteiger partial charge in [0.05, 0.1) is 5.56 Å². The van der Waals surface area contributed by atoms with E-state index in [1.165, 1.54) is 0 Å². The van der Waals surface area contributed by atoms with Crippen molar-refractivity contribution in [2.45, 2.75) is 57.9 Å². The number of aryl methyl sites for hydroxylation is 1. The van der Waals surface area contributed by atoms with Gasteiger partial charge >= 0.3 is 0 Å². The lowest BCUT2D eigenvalue weighted by Gasteiger charge is -2.35. The lowest BCUT2D eigenvalue weighted by Crippen LogP contribution is -2.44. The highest BCUT2D eigenvalue weighted by Gasteiger charge is 2.34. The van der Waals surface area contributed by atoms with Crippen LogP contribution in [-0.2, 0) is 6.42 Å². The molecular weight excluding hydrogens is 282 g/mol. The van der Waals surface area contributed by atoms with Crippen LogP contribution in [0.15, 0.2) is 4.42 Å². The van der Waals surface area contributed by atoms with Crippen molar-refractivity contribution in [1.82, 2.24) is 4.90 Å². The average Bonchev–Trinajstić information content (AvgIpc) is 2.86. The number of ketones is 1. The van der Waals surface area contributed by atoms with Gasteiger partial charge in [0.15, 0.2) is 11.5 Å². The number of piperidine rings is 1. The molecule has 0 bridgehead atoms. The molecule has 0 unspecified atom stereocenters. The van der Waals surface area contributed by atoms with Crippen molar-refractivity contribution in [2.75, 3.05) is 13.2 Å². The van der Waals surface area contributed by atoms with Gasteiger partial charge in [-0.15, -0.1) is 0 Å². The summed E-state index contributed by atoms with van der Waals surface area (Å²) in [6, 6.07) is 0.0727. The lowest BCUT2D eigenvalue weighted by molar-refractivity contribution is 0.0539. The third-order valence-electron chi connectivity index (χ3n) is 4.85. The van der Waals surface area contributed by atoms with Crippen molar-refractivity contribution in [3.63, 3.8) is 0 Å². The molecule has 1 aliphatic heterocycles. The van der Waals surface area contributed by atoms with Gasteiger partial charge in [-0.1, -0.05) is 0 Å². The van der Waals surface area contributed by atoms with Crippen LogP contribution < -0.4 is 0 Å². The minimum atomic E-state index is -0.127. The smallest absolute Gasteiger partial charge is 0.290 e. The maximum Gasteiger partial charge on any atom is 0.290 e. The van der Waals surface area contributed by atoms with Gasteiger partial charge in [0.2, 0.25) is 0 Å². The Balaban J connectivity index is 1.90. The number of rotatable bonds is 3. The molecule has 2 aliphatic rings. The Bertz CT molecular complexity index is 588. The number of fused-ring (bicyclic) bond motifs is 1. The molecule has 22 heavy (non-hydrogen) atoms.